The molecular weight excluding hydrogens is 403 g/mol. The number of alkyl halides is 3. The van der Waals surface area contributed by atoms with E-state index in [-0.39, 0.29) is 5.96 Å². The zero-order valence-corrected chi connectivity index (χ0v) is 16.6. The third kappa shape index (κ3) is 4.26. The number of aromatic nitrogens is 1. The van der Waals surface area contributed by atoms with Gasteiger partial charge in [-0.2, -0.15) is 0 Å². The van der Waals surface area contributed by atoms with Crippen molar-refractivity contribution in [2.75, 3.05) is 13.7 Å². The molecule has 11 heteroatoms. The number of guanidine groups is 1. The lowest BCUT2D eigenvalue weighted by Crippen LogP contribution is -2.57. The van der Waals surface area contributed by atoms with Gasteiger partial charge in [0.2, 0.25) is 11.8 Å². The van der Waals surface area contributed by atoms with E-state index in [4.69, 9.17) is 10.5 Å². The second-order valence-electron chi connectivity index (χ2n) is 6.80. The number of hydrogen-bond acceptors (Lipinski definition) is 8. The zero-order chi connectivity index (χ0) is 22.1. The second-order valence-corrected chi connectivity index (χ2v) is 6.80. The Balaban J connectivity index is 2.09. The molecule has 1 aliphatic rings. The molecule has 0 amide bonds. The number of pyridine rings is 1. The van der Waals surface area contributed by atoms with E-state index in [0.29, 0.717) is 23.6 Å². The molecule has 0 spiro atoms. The van der Waals surface area contributed by atoms with Crippen LogP contribution in [0, 0.1) is 0 Å². The van der Waals surface area contributed by atoms with E-state index in [2.05, 4.69) is 14.7 Å². The summed E-state index contributed by atoms with van der Waals surface area (Å²) in [5.41, 5.74) is 5.60. The van der Waals surface area contributed by atoms with Gasteiger partial charge in [0, 0.05) is 19.3 Å². The molecule has 1 aromatic heterocycles. The summed E-state index contributed by atoms with van der Waals surface area (Å²) in [4.78, 5) is 8.71. The van der Waals surface area contributed by atoms with E-state index in [1.165, 1.54) is 36.5 Å². The van der Waals surface area contributed by atoms with E-state index in [1.807, 2.05) is 6.92 Å². The molecular formula is C19H22F3N5O3. The summed E-state index contributed by atoms with van der Waals surface area (Å²) in [6, 6.07) is 7.90. The van der Waals surface area contributed by atoms with Gasteiger partial charge in [0.15, 0.2) is 0 Å². The average molecular weight is 425 g/mol. The maximum atomic E-state index is 12.7. The maximum absolute atomic E-state index is 12.7. The van der Waals surface area contributed by atoms with Crippen molar-refractivity contribution < 1.29 is 27.9 Å². The van der Waals surface area contributed by atoms with Gasteiger partial charge in [0.1, 0.15) is 17.3 Å². The van der Waals surface area contributed by atoms with Gasteiger partial charge in [0.25, 0.3) is 0 Å². The van der Waals surface area contributed by atoms with Crippen molar-refractivity contribution in [3.05, 3.63) is 53.7 Å². The number of aliphatic imine (C=N–C) groups is 1. The summed E-state index contributed by atoms with van der Waals surface area (Å²) >= 11 is 0. The van der Waals surface area contributed by atoms with Crippen molar-refractivity contribution in [2.24, 2.45) is 10.7 Å². The van der Waals surface area contributed by atoms with Crippen LogP contribution >= 0.6 is 0 Å². The molecule has 3 N–H and O–H groups in total. The summed E-state index contributed by atoms with van der Waals surface area (Å²) in [6.45, 7) is 3.92. The Morgan fingerprint density at radius 2 is 2.00 bits per heavy atom. The molecule has 162 valence electrons. The van der Waals surface area contributed by atoms with Gasteiger partial charge in [-0.05, 0) is 37.1 Å². The molecule has 0 saturated carbocycles. The third-order valence-electron chi connectivity index (χ3n) is 4.77. The Morgan fingerprint density at radius 3 is 2.60 bits per heavy atom. The SMILES string of the molecule is CCOc1ccc([C@@H]2N(O)N(C)C(N)=N[C@]2(C)c2cccc(OC(F)(F)F)c2)cn1. The Morgan fingerprint density at radius 1 is 1.27 bits per heavy atom. The summed E-state index contributed by atoms with van der Waals surface area (Å²) < 4.78 is 47.4. The second kappa shape index (κ2) is 8.00. The van der Waals surface area contributed by atoms with Crippen LogP contribution in [-0.4, -0.2) is 46.3 Å². The molecule has 30 heavy (non-hydrogen) atoms. The molecule has 8 nitrogen and oxygen atoms in total. The fourth-order valence-electron chi connectivity index (χ4n) is 3.35. The van der Waals surface area contributed by atoms with Crippen LogP contribution in [0.2, 0.25) is 0 Å². The normalized spacial score (nSPS) is 22.6. The fraction of sp³-hybridized carbons (Fsp3) is 0.368. The highest BCUT2D eigenvalue weighted by Gasteiger charge is 2.47. The molecule has 2 atom stereocenters. The van der Waals surface area contributed by atoms with Crippen LogP contribution in [0.25, 0.3) is 0 Å². The smallest absolute Gasteiger partial charge is 0.478 e. The predicted molar refractivity (Wildman–Crippen MR) is 102 cm³/mol. The standard InChI is InChI=1S/C19H22F3N5O3/c1-4-29-15-9-8-12(11-24-15)16-18(2,25-17(23)26(3)27(16)28)13-6-5-7-14(10-13)30-19(20,21)22/h5-11,16,28H,4H2,1-3H3,(H2,23,25)/t16-,18+/m0/s1. The first-order valence-electron chi connectivity index (χ1n) is 9.07. The lowest BCUT2D eigenvalue weighted by Gasteiger charge is -2.46. The van der Waals surface area contributed by atoms with Gasteiger partial charge in [-0.1, -0.05) is 23.4 Å². The van der Waals surface area contributed by atoms with Crippen molar-refractivity contribution in [3.8, 4) is 11.6 Å². The van der Waals surface area contributed by atoms with Crippen molar-refractivity contribution in [1.82, 2.24) is 15.2 Å². The summed E-state index contributed by atoms with van der Waals surface area (Å²) in [5.74, 6) is -0.0144. The highest BCUT2D eigenvalue weighted by Crippen LogP contribution is 2.45. The Hall–Kier alpha value is -3.05. The predicted octanol–water partition coefficient (Wildman–Crippen LogP) is 3.20. The molecule has 0 bridgehead atoms. The van der Waals surface area contributed by atoms with Crippen molar-refractivity contribution in [2.45, 2.75) is 31.8 Å². The number of hydroxylamine groups is 1. The van der Waals surface area contributed by atoms with Gasteiger partial charge < -0.3 is 15.2 Å². The van der Waals surface area contributed by atoms with Gasteiger partial charge >= 0.3 is 6.36 Å². The maximum Gasteiger partial charge on any atom is 0.573 e. The van der Waals surface area contributed by atoms with Crippen LogP contribution in [0.5, 0.6) is 11.6 Å². The fourth-order valence-corrected chi connectivity index (χ4v) is 3.35. The Bertz CT molecular complexity index is 922. The largest absolute Gasteiger partial charge is 0.573 e. The summed E-state index contributed by atoms with van der Waals surface area (Å²) in [5, 5.41) is 12.9. The van der Waals surface area contributed by atoms with Crippen molar-refractivity contribution >= 4 is 5.96 Å². The minimum absolute atomic E-state index is 0.0164. The first kappa shape index (κ1) is 21.7. The van der Waals surface area contributed by atoms with Crippen LogP contribution < -0.4 is 15.2 Å². The summed E-state index contributed by atoms with van der Waals surface area (Å²) in [7, 11) is 1.51. The molecule has 0 radical (unpaired) electrons. The molecule has 0 fully saturated rings. The number of rotatable bonds is 5. The molecule has 2 aromatic rings. The highest BCUT2D eigenvalue weighted by molar-refractivity contribution is 5.78. The Labute approximate surface area is 171 Å². The van der Waals surface area contributed by atoms with Crippen LogP contribution in [-0.2, 0) is 5.54 Å². The lowest BCUT2D eigenvalue weighted by atomic mass is 9.81. The lowest BCUT2D eigenvalue weighted by molar-refractivity contribution is -0.274. The zero-order valence-electron chi connectivity index (χ0n) is 16.6. The number of halogens is 3. The van der Waals surface area contributed by atoms with Gasteiger partial charge in [-0.3, -0.25) is 10.2 Å². The van der Waals surface area contributed by atoms with Gasteiger partial charge in [0.05, 0.1) is 6.61 Å². The van der Waals surface area contributed by atoms with Crippen molar-refractivity contribution in [1.29, 1.82) is 0 Å². The third-order valence-corrected chi connectivity index (χ3v) is 4.77. The number of ether oxygens (including phenoxy) is 2. The molecule has 0 aliphatic carbocycles. The van der Waals surface area contributed by atoms with Crippen LogP contribution in [0.3, 0.4) is 0 Å². The molecule has 0 saturated heterocycles. The molecule has 3 rings (SSSR count). The van der Waals surface area contributed by atoms with E-state index in [1.54, 1.807) is 25.1 Å². The van der Waals surface area contributed by atoms with Gasteiger partial charge in [-0.25, -0.2) is 9.98 Å². The van der Waals surface area contributed by atoms with Crippen LogP contribution in [0.1, 0.15) is 31.0 Å². The number of benzene rings is 1. The minimum atomic E-state index is -4.84. The first-order chi connectivity index (χ1) is 14.0. The molecule has 0 unspecified atom stereocenters. The van der Waals surface area contributed by atoms with Crippen molar-refractivity contribution in [3.63, 3.8) is 0 Å². The number of nitrogens with zero attached hydrogens (tertiary/aromatic N) is 4. The average Bonchev–Trinajstić information content (AvgIpc) is 2.67. The number of nitrogens with two attached hydrogens (primary N) is 1. The summed E-state index contributed by atoms with van der Waals surface area (Å²) in [6.07, 6.45) is -3.33. The van der Waals surface area contributed by atoms with E-state index >= 15 is 0 Å². The van der Waals surface area contributed by atoms with E-state index in [0.717, 1.165) is 5.17 Å². The van der Waals surface area contributed by atoms with Crippen LogP contribution in [0.4, 0.5) is 13.2 Å². The topological polar surface area (TPSA) is 96.4 Å². The molecule has 2 heterocycles. The van der Waals surface area contributed by atoms with Gasteiger partial charge in [-0.15, -0.1) is 13.2 Å². The minimum Gasteiger partial charge on any atom is -0.478 e. The monoisotopic (exact) mass is 425 g/mol. The number of hydrazine groups is 1. The van der Waals surface area contributed by atoms with Crippen LogP contribution in [0.15, 0.2) is 47.6 Å². The molecule has 1 aromatic carbocycles. The van der Waals surface area contributed by atoms with E-state index < -0.39 is 23.7 Å². The Kier molecular flexibility index (Phi) is 5.77. The highest BCUT2D eigenvalue weighted by atomic mass is 19.4. The quantitative estimate of drug-likeness (QED) is 0.759. The molecule has 1 aliphatic heterocycles. The first-order valence-corrected chi connectivity index (χ1v) is 9.07. The van der Waals surface area contributed by atoms with E-state index in [9.17, 15) is 18.4 Å². The number of hydrogen-bond donors (Lipinski definition) is 2.